The molecule has 9 nitrogen and oxygen atoms in total. The standard InChI is InChI=1S/C27H31N5O4/c1-18-16-31(21-13-12-20(35-3)15-22(21)36-4)26-28-24-23(32(26)17-18)25(33)30(27(34)29(24)2)14-8-11-19-9-6-5-7-10-19/h5-7,9-10,12-13,15,18H,8,11,14,16-17H2,1-4H3/t18-/m1/s1. The summed E-state index contributed by atoms with van der Waals surface area (Å²) in [5.74, 6) is 2.20. The molecular weight excluding hydrogens is 458 g/mol. The maximum atomic E-state index is 13.7. The third-order valence-electron chi connectivity index (χ3n) is 6.81. The highest BCUT2D eigenvalue weighted by atomic mass is 16.5. The van der Waals surface area contributed by atoms with Gasteiger partial charge in [-0.05, 0) is 36.5 Å². The predicted octanol–water partition coefficient (Wildman–Crippen LogP) is 3.33. The summed E-state index contributed by atoms with van der Waals surface area (Å²) in [4.78, 5) is 33.7. The minimum absolute atomic E-state index is 0.241. The highest BCUT2D eigenvalue weighted by Gasteiger charge is 2.31. The van der Waals surface area contributed by atoms with Crippen LogP contribution in [0.25, 0.3) is 11.2 Å². The fourth-order valence-electron chi connectivity index (χ4n) is 5.00. The van der Waals surface area contributed by atoms with E-state index < -0.39 is 0 Å². The van der Waals surface area contributed by atoms with Gasteiger partial charge < -0.3 is 18.9 Å². The van der Waals surface area contributed by atoms with Crippen molar-refractivity contribution in [3.05, 3.63) is 74.9 Å². The van der Waals surface area contributed by atoms with Gasteiger partial charge in [-0.1, -0.05) is 37.3 Å². The van der Waals surface area contributed by atoms with E-state index in [0.717, 1.165) is 12.1 Å². The van der Waals surface area contributed by atoms with Crippen molar-refractivity contribution in [1.29, 1.82) is 0 Å². The van der Waals surface area contributed by atoms with Crippen LogP contribution in [0, 0.1) is 5.92 Å². The van der Waals surface area contributed by atoms with E-state index in [1.165, 1.54) is 14.7 Å². The molecule has 188 valence electrons. The Morgan fingerprint density at radius 2 is 1.81 bits per heavy atom. The fraction of sp³-hybridized carbons (Fsp3) is 0.370. The number of hydrogen-bond donors (Lipinski definition) is 0. The molecular formula is C27H31N5O4. The van der Waals surface area contributed by atoms with E-state index in [-0.39, 0.29) is 17.2 Å². The molecule has 1 atom stereocenters. The molecule has 9 heteroatoms. The first-order valence-electron chi connectivity index (χ1n) is 12.2. The Morgan fingerprint density at radius 3 is 2.53 bits per heavy atom. The Balaban J connectivity index is 1.59. The van der Waals surface area contributed by atoms with E-state index >= 15 is 0 Å². The minimum atomic E-state index is -0.349. The van der Waals surface area contributed by atoms with Crippen molar-refractivity contribution in [3.63, 3.8) is 0 Å². The average Bonchev–Trinajstić information content (AvgIpc) is 3.28. The third kappa shape index (κ3) is 4.04. The number of ether oxygens (including phenoxy) is 2. The summed E-state index contributed by atoms with van der Waals surface area (Å²) in [7, 11) is 4.91. The summed E-state index contributed by atoms with van der Waals surface area (Å²) in [5, 5.41) is 0. The van der Waals surface area contributed by atoms with Gasteiger partial charge in [0.05, 0.1) is 19.9 Å². The lowest BCUT2D eigenvalue weighted by Crippen LogP contribution is -2.40. The smallest absolute Gasteiger partial charge is 0.332 e. The summed E-state index contributed by atoms with van der Waals surface area (Å²) in [6, 6.07) is 15.7. The number of imidazole rings is 1. The zero-order chi connectivity index (χ0) is 25.4. The molecule has 0 fully saturated rings. The van der Waals surface area contributed by atoms with Gasteiger partial charge in [-0.25, -0.2) is 4.79 Å². The number of benzene rings is 2. The molecule has 2 aromatic heterocycles. The molecule has 2 aromatic carbocycles. The van der Waals surface area contributed by atoms with E-state index in [1.807, 2.05) is 41.0 Å². The summed E-state index contributed by atoms with van der Waals surface area (Å²) in [6.45, 7) is 3.82. The molecule has 1 aliphatic heterocycles. The summed E-state index contributed by atoms with van der Waals surface area (Å²) < 4.78 is 15.8. The lowest BCUT2D eigenvalue weighted by molar-refractivity contribution is 0.392. The quantitative estimate of drug-likeness (QED) is 0.396. The van der Waals surface area contributed by atoms with E-state index in [1.54, 1.807) is 21.3 Å². The van der Waals surface area contributed by atoms with Gasteiger partial charge in [0.2, 0.25) is 5.95 Å². The van der Waals surface area contributed by atoms with Crippen molar-refractivity contribution < 1.29 is 9.47 Å². The van der Waals surface area contributed by atoms with Crippen molar-refractivity contribution in [1.82, 2.24) is 18.7 Å². The largest absolute Gasteiger partial charge is 0.497 e. The fourth-order valence-corrected chi connectivity index (χ4v) is 5.00. The van der Waals surface area contributed by atoms with Crippen LogP contribution in [-0.2, 0) is 26.6 Å². The van der Waals surface area contributed by atoms with Crippen LogP contribution in [0.15, 0.2) is 58.1 Å². The molecule has 36 heavy (non-hydrogen) atoms. The molecule has 0 bridgehead atoms. The van der Waals surface area contributed by atoms with Crippen LogP contribution in [0.2, 0.25) is 0 Å². The van der Waals surface area contributed by atoms with E-state index in [4.69, 9.17) is 14.5 Å². The summed E-state index contributed by atoms with van der Waals surface area (Å²) in [6.07, 6.45) is 1.48. The molecule has 5 rings (SSSR count). The Bertz CT molecular complexity index is 1520. The van der Waals surface area contributed by atoms with E-state index in [0.29, 0.717) is 54.7 Å². The zero-order valence-electron chi connectivity index (χ0n) is 21.1. The number of hydrogen-bond acceptors (Lipinski definition) is 6. The van der Waals surface area contributed by atoms with E-state index in [9.17, 15) is 9.59 Å². The van der Waals surface area contributed by atoms with Crippen molar-refractivity contribution in [2.75, 3.05) is 25.7 Å². The molecule has 0 N–H and O–H groups in total. The minimum Gasteiger partial charge on any atom is -0.497 e. The van der Waals surface area contributed by atoms with Gasteiger partial charge in [0.15, 0.2) is 11.2 Å². The SMILES string of the molecule is COc1ccc(N2C[C@@H](C)Cn3c2nc2c3c(=O)n(CCCc3ccccc3)c(=O)n2C)c(OC)c1. The van der Waals surface area contributed by atoms with Crippen molar-refractivity contribution in [2.45, 2.75) is 32.9 Å². The van der Waals surface area contributed by atoms with Crippen LogP contribution in [0.3, 0.4) is 0 Å². The second kappa shape index (κ2) is 9.56. The lowest BCUT2D eigenvalue weighted by Gasteiger charge is -2.33. The number of nitrogens with zero attached hydrogens (tertiary/aromatic N) is 5. The molecule has 0 saturated heterocycles. The number of aryl methyl sites for hydroxylation is 2. The highest BCUT2D eigenvalue weighted by Crippen LogP contribution is 2.39. The number of rotatable bonds is 7. The predicted molar refractivity (Wildman–Crippen MR) is 140 cm³/mol. The molecule has 0 saturated carbocycles. The zero-order valence-corrected chi connectivity index (χ0v) is 21.1. The first-order chi connectivity index (χ1) is 17.4. The number of fused-ring (bicyclic) bond motifs is 3. The summed E-state index contributed by atoms with van der Waals surface area (Å²) in [5.41, 5.74) is 2.22. The van der Waals surface area contributed by atoms with Gasteiger partial charge in [0.25, 0.3) is 5.56 Å². The first-order valence-corrected chi connectivity index (χ1v) is 12.2. The van der Waals surface area contributed by atoms with Crippen molar-refractivity contribution >= 4 is 22.8 Å². The molecule has 3 heterocycles. The monoisotopic (exact) mass is 489 g/mol. The lowest BCUT2D eigenvalue weighted by atomic mass is 10.1. The van der Waals surface area contributed by atoms with Crippen LogP contribution in [0.5, 0.6) is 11.5 Å². The van der Waals surface area contributed by atoms with Gasteiger partial charge in [-0.3, -0.25) is 13.9 Å². The molecule has 4 aromatic rings. The molecule has 1 aliphatic rings. The average molecular weight is 490 g/mol. The van der Waals surface area contributed by atoms with Gasteiger partial charge in [-0.15, -0.1) is 0 Å². The normalized spacial score (nSPS) is 15.2. The molecule has 0 radical (unpaired) electrons. The van der Waals surface area contributed by atoms with Gasteiger partial charge in [-0.2, -0.15) is 4.98 Å². The Hall–Kier alpha value is -4.01. The topological polar surface area (TPSA) is 83.5 Å². The van der Waals surface area contributed by atoms with Gasteiger partial charge in [0.1, 0.15) is 11.5 Å². The molecule has 0 spiro atoms. The van der Waals surface area contributed by atoms with Crippen LogP contribution < -0.4 is 25.6 Å². The third-order valence-corrected chi connectivity index (χ3v) is 6.81. The maximum absolute atomic E-state index is 13.7. The Labute approximate surface area is 209 Å². The number of anilines is 2. The van der Waals surface area contributed by atoms with Crippen LogP contribution >= 0.6 is 0 Å². The van der Waals surface area contributed by atoms with Gasteiger partial charge >= 0.3 is 5.69 Å². The van der Waals surface area contributed by atoms with Crippen LogP contribution in [0.1, 0.15) is 18.9 Å². The second-order valence-corrected chi connectivity index (χ2v) is 9.34. The molecule has 0 unspecified atom stereocenters. The van der Waals surface area contributed by atoms with Gasteiger partial charge in [0, 0.05) is 32.7 Å². The maximum Gasteiger partial charge on any atom is 0.332 e. The van der Waals surface area contributed by atoms with Crippen LogP contribution in [-0.4, -0.2) is 39.4 Å². The summed E-state index contributed by atoms with van der Waals surface area (Å²) >= 11 is 0. The second-order valence-electron chi connectivity index (χ2n) is 9.34. The van der Waals surface area contributed by atoms with Crippen molar-refractivity contribution in [3.8, 4) is 11.5 Å². The molecule has 0 amide bonds. The van der Waals surface area contributed by atoms with Crippen molar-refractivity contribution in [2.24, 2.45) is 13.0 Å². The van der Waals surface area contributed by atoms with Crippen LogP contribution in [0.4, 0.5) is 11.6 Å². The number of aromatic nitrogens is 4. The van der Waals surface area contributed by atoms with E-state index in [2.05, 4.69) is 24.0 Å². The Morgan fingerprint density at radius 1 is 1.03 bits per heavy atom. The Kier molecular flexibility index (Phi) is 6.30. The first kappa shape index (κ1) is 23.7. The molecule has 0 aliphatic carbocycles. The highest BCUT2D eigenvalue weighted by molar-refractivity contribution is 5.78. The number of methoxy groups -OCH3 is 2.